The number of hydrogen-bond donors (Lipinski definition) is 0. The maximum Gasteiger partial charge on any atom is 0.132 e. The van der Waals surface area contributed by atoms with Gasteiger partial charge < -0.3 is 4.90 Å². The van der Waals surface area contributed by atoms with Gasteiger partial charge in [0.15, 0.2) is 0 Å². The Morgan fingerprint density at radius 2 is 1.89 bits per heavy atom. The second-order valence-electron chi connectivity index (χ2n) is 4.80. The molecular formula is C13H22N4OS. The lowest BCUT2D eigenvalue weighted by atomic mass is 9.91. The van der Waals surface area contributed by atoms with Crippen LogP contribution in [0.3, 0.4) is 0 Å². The Hall–Kier alpha value is -1.01. The van der Waals surface area contributed by atoms with Crippen LogP contribution in [0.4, 0.5) is 5.69 Å². The van der Waals surface area contributed by atoms with Crippen LogP contribution in [0.15, 0.2) is 12.5 Å². The van der Waals surface area contributed by atoms with E-state index in [-0.39, 0.29) is 4.75 Å². The molecule has 0 bridgehead atoms. The number of likely N-dealkylation sites (tertiary alicyclic amines) is 1. The van der Waals surface area contributed by atoms with Crippen LogP contribution in [-0.2, 0) is 15.7 Å². The number of fused-ring (bicyclic) bond motifs is 2. The standard InChI is InChI=1S/C11H16N4OS.C2H6/c1-14-5-3-11(4-6-14)10-9(7-12-8-13-10)15(2)17(11)16;1-2/h7-8H,3-6H2,1-2H3;1-2H3. The maximum atomic E-state index is 12.6. The summed E-state index contributed by atoms with van der Waals surface area (Å²) in [6, 6.07) is 0. The van der Waals surface area contributed by atoms with Gasteiger partial charge in [-0.25, -0.2) is 14.2 Å². The fraction of sp³-hybridized carbons (Fsp3) is 0.692. The summed E-state index contributed by atoms with van der Waals surface area (Å²) < 4.78 is 14.1. The van der Waals surface area contributed by atoms with Gasteiger partial charge in [0.1, 0.15) is 22.1 Å². The van der Waals surface area contributed by atoms with Crippen LogP contribution < -0.4 is 4.31 Å². The smallest absolute Gasteiger partial charge is 0.132 e. The Bertz CT molecular complexity index is 471. The molecule has 1 aromatic rings. The van der Waals surface area contributed by atoms with E-state index in [0.29, 0.717) is 0 Å². The third kappa shape index (κ3) is 2.17. The van der Waals surface area contributed by atoms with E-state index in [1.807, 2.05) is 25.2 Å². The molecule has 1 atom stereocenters. The first-order valence-electron chi connectivity index (χ1n) is 6.80. The molecule has 0 aliphatic carbocycles. The molecule has 1 saturated heterocycles. The Labute approximate surface area is 117 Å². The molecule has 5 nitrogen and oxygen atoms in total. The fourth-order valence-electron chi connectivity index (χ4n) is 2.73. The highest BCUT2D eigenvalue weighted by Gasteiger charge is 2.51. The van der Waals surface area contributed by atoms with Gasteiger partial charge in [0, 0.05) is 7.05 Å². The van der Waals surface area contributed by atoms with E-state index in [4.69, 9.17) is 0 Å². The van der Waals surface area contributed by atoms with E-state index in [2.05, 4.69) is 21.9 Å². The Kier molecular flexibility index (Phi) is 4.20. The van der Waals surface area contributed by atoms with Crippen molar-refractivity contribution in [3.05, 3.63) is 18.2 Å². The van der Waals surface area contributed by atoms with E-state index < -0.39 is 11.0 Å². The van der Waals surface area contributed by atoms with Crippen molar-refractivity contribution in [1.29, 1.82) is 0 Å². The molecule has 0 aromatic carbocycles. The fourth-order valence-corrected chi connectivity index (χ4v) is 4.42. The molecule has 6 heteroatoms. The predicted octanol–water partition coefficient (Wildman–Crippen LogP) is 1.54. The van der Waals surface area contributed by atoms with Gasteiger partial charge in [0.05, 0.1) is 17.6 Å². The van der Waals surface area contributed by atoms with Gasteiger partial charge in [-0.3, -0.25) is 4.31 Å². The lowest BCUT2D eigenvalue weighted by Gasteiger charge is -2.36. The van der Waals surface area contributed by atoms with Crippen molar-refractivity contribution in [3.8, 4) is 0 Å². The summed E-state index contributed by atoms with van der Waals surface area (Å²) in [5.41, 5.74) is 1.90. The average molecular weight is 282 g/mol. The predicted molar refractivity (Wildman–Crippen MR) is 78.3 cm³/mol. The molecule has 3 heterocycles. The van der Waals surface area contributed by atoms with Crippen LogP contribution in [0.2, 0.25) is 0 Å². The van der Waals surface area contributed by atoms with Gasteiger partial charge >= 0.3 is 0 Å². The van der Waals surface area contributed by atoms with Crippen LogP contribution in [0, 0.1) is 0 Å². The third-order valence-corrected chi connectivity index (χ3v) is 5.81. The highest BCUT2D eigenvalue weighted by Crippen LogP contribution is 2.48. The summed E-state index contributed by atoms with van der Waals surface area (Å²) in [6.45, 7) is 5.95. The van der Waals surface area contributed by atoms with Crippen LogP contribution in [-0.4, -0.2) is 46.3 Å². The van der Waals surface area contributed by atoms with Crippen molar-refractivity contribution < 1.29 is 4.21 Å². The molecule has 0 N–H and O–H groups in total. The molecule has 0 amide bonds. The van der Waals surface area contributed by atoms with E-state index in [0.717, 1.165) is 37.3 Å². The minimum atomic E-state index is -1.02. The number of nitrogens with zero attached hydrogens (tertiary/aromatic N) is 4. The van der Waals surface area contributed by atoms with Gasteiger partial charge in [0.25, 0.3) is 0 Å². The van der Waals surface area contributed by atoms with Gasteiger partial charge in [-0.05, 0) is 33.0 Å². The number of aromatic nitrogens is 2. The number of rotatable bonds is 0. The van der Waals surface area contributed by atoms with Crippen molar-refractivity contribution in [1.82, 2.24) is 14.9 Å². The first kappa shape index (κ1) is 14.4. The largest absolute Gasteiger partial charge is 0.306 e. The lowest BCUT2D eigenvalue weighted by molar-refractivity contribution is 0.236. The minimum absolute atomic E-state index is 0.278. The topological polar surface area (TPSA) is 49.3 Å². The SMILES string of the molecule is CC.CN1CCC2(CC1)c1ncncc1N(C)S2=O. The van der Waals surface area contributed by atoms with Crippen molar-refractivity contribution in [3.63, 3.8) is 0 Å². The minimum Gasteiger partial charge on any atom is -0.306 e. The molecule has 106 valence electrons. The zero-order chi connectivity index (χ0) is 14.0. The highest BCUT2D eigenvalue weighted by atomic mass is 32.2. The molecule has 0 radical (unpaired) electrons. The molecule has 19 heavy (non-hydrogen) atoms. The van der Waals surface area contributed by atoms with E-state index in [1.165, 1.54) is 0 Å². The quantitative estimate of drug-likeness (QED) is 0.724. The molecule has 0 saturated carbocycles. The van der Waals surface area contributed by atoms with Gasteiger partial charge in [-0.15, -0.1) is 0 Å². The van der Waals surface area contributed by atoms with E-state index in [9.17, 15) is 4.21 Å². The third-order valence-electron chi connectivity index (χ3n) is 3.84. The summed E-state index contributed by atoms with van der Waals surface area (Å²) in [6.07, 6.45) is 5.15. The first-order valence-corrected chi connectivity index (χ1v) is 7.90. The van der Waals surface area contributed by atoms with Crippen LogP contribution in [0.5, 0.6) is 0 Å². The Balaban J connectivity index is 0.000000637. The second-order valence-corrected chi connectivity index (χ2v) is 6.63. The van der Waals surface area contributed by atoms with E-state index in [1.54, 1.807) is 12.5 Å². The average Bonchev–Trinajstić information content (AvgIpc) is 2.68. The summed E-state index contributed by atoms with van der Waals surface area (Å²) in [4.78, 5) is 10.7. The molecule has 2 aliphatic rings. The molecular weight excluding hydrogens is 260 g/mol. The van der Waals surface area contributed by atoms with Gasteiger partial charge in [0.2, 0.25) is 0 Å². The maximum absolute atomic E-state index is 12.6. The van der Waals surface area contributed by atoms with Crippen molar-refractivity contribution in [2.24, 2.45) is 0 Å². The van der Waals surface area contributed by atoms with Gasteiger partial charge in [-0.1, -0.05) is 13.8 Å². The summed E-state index contributed by atoms with van der Waals surface area (Å²) in [7, 11) is 2.95. The van der Waals surface area contributed by atoms with Crippen molar-refractivity contribution in [2.45, 2.75) is 31.4 Å². The molecule has 1 aromatic heterocycles. The van der Waals surface area contributed by atoms with Crippen LogP contribution in [0.25, 0.3) is 0 Å². The molecule has 1 unspecified atom stereocenters. The first-order chi connectivity index (χ1) is 9.15. The number of hydrogen-bond acceptors (Lipinski definition) is 4. The normalized spacial score (nSPS) is 24.8. The zero-order valence-electron chi connectivity index (χ0n) is 12.1. The van der Waals surface area contributed by atoms with E-state index >= 15 is 0 Å². The summed E-state index contributed by atoms with van der Waals surface area (Å²) >= 11 is 0. The van der Waals surface area contributed by atoms with Crippen LogP contribution in [0.1, 0.15) is 32.4 Å². The lowest BCUT2D eigenvalue weighted by Crippen LogP contribution is -2.43. The summed E-state index contributed by atoms with van der Waals surface area (Å²) in [5, 5.41) is 0. The molecule has 3 rings (SSSR count). The zero-order valence-corrected chi connectivity index (χ0v) is 12.9. The van der Waals surface area contributed by atoms with Crippen molar-refractivity contribution >= 4 is 16.7 Å². The monoisotopic (exact) mass is 282 g/mol. The number of piperidine rings is 1. The second kappa shape index (κ2) is 5.54. The van der Waals surface area contributed by atoms with Gasteiger partial charge in [-0.2, -0.15) is 0 Å². The number of anilines is 1. The Morgan fingerprint density at radius 3 is 2.53 bits per heavy atom. The molecule has 2 aliphatic heterocycles. The van der Waals surface area contributed by atoms with Crippen molar-refractivity contribution in [2.75, 3.05) is 31.5 Å². The van der Waals surface area contributed by atoms with Crippen LogP contribution >= 0.6 is 0 Å². The summed E-state index contributed by atoms with van der Waals surface area (Å²) in [5.74, 6) is 0. The molecule has 1 fully saturated rings. The molecule has 1 spiro atoms. The highest BCUT2D eigenvalue weighted by molar-refractivity contribution is 7.87. The Morgan fingerprint density at radius 1 is 1.26 bits per heavy atom.